The molecule has 1 N–H and O–H groups in total. The van der Waals surface area contributed by atoms with Crippen LogP contribution in [0.4, 0.5) is 5.69 Å². The Morgan fingerprint density at radius 2 is 1.85 bits per heavy atom. The molecule has 1 nitrogen and oxygen atoms in total. The number of rotatable bonds is 2. The highest BCUT2D eigenvalue weighted by Crippen LogP contribution is 2.19. The van der Waals surface area contributed by atoms with Crippen molar-refractivity contribution in [2.75, 3.05) is 14.1 Å². The van der Waals surface area contributed by atoms with Crippen LogP contribution in [-0.4, -0.2) is 14.1 Å². The fourth-order valence-corrected chi connectivity index (χ4v) is 1.42. The van der Waals surface area contributed by atoms with Crippen LogP contribution >= 0.6 is 0 Å². The summed E-state index contributed by atoms with van der Waals surface area (Å²) in [6.07, 6.45) is 2.15. The van der Waals surface area contributed by atoms with Crippen LogP contribution in [0.5, 0.6) is 0 Å². The van der Waals surface area contributed by atoms with E-state index in [9.17, 15) is 0 Å². The molecule has 0 aliphatic heterocycles. The molecule has 0 amide bonds. The van der Waals surface area contributed by atoms with Crippen LogP contribution in [0.1, 0.15) is 19.4 Å². The molecule has 0 atom stereocenters. The van der Waals surface area contributed by atoms with E-state index in [0.29, 0.717) is 0 Å². The predicted molar refractivity (Wildman–Crippen MR) is 58.2 cm³/mol. The van der Waals surface area contributed by atoms with Crippen molar-refractivity contribution in [3.8, 4) is 0 Å². The molecule has 0 aliphatic rings. The Balaban J connectivity index is 3.20. The number of hydrogen-bond donors (Lipinski definition) is 1. The average Bonchev–Trinajstić information content (AvgIpc) is 2.16. The maximum Gasteiger partial charge on any atom is 0.138 e. The van der Waals surface area contributed by atoms with Gasteiger partial charge in [0.1, 0.15) is 5.69 Å². The van der Waals surface area contributed by atoms with Gasteiger partial charge in [0, 0.05) is 5.56 Å². The van der Waals surface area contributed by atoms with E-state index in [-0.39, 0.29) is 0 Å². The molecule has 70 valence electrons. The van der Waals surface area contributed by atoms with Gasteiger partial charge in [-0.2, -0.15) is 0 Å². The van der Waals surface area contributed by atoms with Gasteiger partial charge in [-0.05, 0) is 31.6 Å². The highest BCUT2D eigenvalue weighted by molar-refractivity contribution is 5.70. The third-order valence-corrected chi connectivity index (χ3v) is 2.32. The summed E-state index contributed by atoms with van der Waals surface area (Å²) in [6.45, 7) is 4.23. The smallest absolute Gasteiger partial charge is 0.138 e. The van der Waals surface area contributed by atoms with Crippen molar-refractivity contribution in [3.05, 3.63) is 35.9 Å². The molecule has 1 rings (SSSR count). The van der Waals surface area contributed by atoms with Crippen molar-refractivity contribution >= 4 is 11.3 Å². The molecular formula is C12H18N+. The maximum absolute atomic E-state index is 2.18. The topological polar surface area (TPSA) is 4.44 Å². The quantitative estimate of drug-likeness (QED) is 0.702. The van der Waals surface area contributed by atoms with Gasteiger partial charge in [-0.15, -0.1) is 0 Å². The molecule has 0 saturated carbocycles. The average molecular weight is 176 g/mol. The molecule has 0 unspecified atom stereocenters. The molecule has 0 saturated heterocycles. The minimum Gasteiger partial charge on any atom is -0.307 e. The van der Waals surface area contributed by atoms with Crippen LogP contribution in [0, 0.1) is 0 Å². The Morgan fingerprint density at radius 3 is 2.38 bits per heavy atom. The van der Waals surface area contributed by atoms with Crippen LogP contribution < -0.4 is 4.90 Å². The standard InChI is InChI=1S/C12H17N/c1-5-10(2)11-8-6-7-9-12(11)13(3)4/h5-9H,1-4H3/p+1/b10-5-. The Hall–Kier alpha value is -1.08. The Morgan fingerprint density at radius 1 is 1.23 bits per heavy atom. The minimum atomic E-state index is 1.34. The second kappa shape index (κ2) is 4.24. The van der Waals surface area contributed by atoms with E-state index in [1.165, 1.54) is 21.7 Å². The summed E-state index contributed by atoms with van der Waals surface area (Å²) in [5.74, 6) is 0. The predicted octanol–water partition coefficient (Wildman–Crippen LogP) is 1.89. The van der Waals surface area contributed by atoms with Gasteiger partial charge >= 0.3 is 0 Å². The number of quaternary nitrogens is 1. The second-order valence-electron chi connectivity index (χ2n) is 3.52. The lowest BCUT2D eigenvalue weighted by atomic mass is 10.0. The highest BCUT2D eigenvalue weighted by Gasteiger charge is 2.07. The van der Waals surface area contributed by atoms with Gasteiger partial charge in [-0.25, -0.2) is 0 Å². The first-order valence-corrected chi connectivity index (χ1v) is 4.69. The number of para-hydroxylation sites is 1. The summed E-state index contributed by atoms with van der Waals surface area (Å²) in [6, 6.07) is 8.54. The maximum atomic E-state index is 2.18. The van der Waals surface area contributed by atoms with E-state index in [4.69, 9.17) is 0 Å². The monoisotopic (exact) mass is 176 g/mol. The van der Waals surface area contributed by atoms with Crippen LogP contribution in [0.25, 0.3) is 5.57 Å². The summed E-state index contributed by atoms with van der Waals surface area (Å²) in [5.41, 5.74) is 4.06. The number of benzene rings is 1. The van der Waals surface area contributed by atoms with Crippen LogP contribution in [0.3, 0.4) is 0 Å². The molecule has 0 aromatic heterocycles. The van der Waals surface area contributed by atoms with Gasteiger partial charge in [0.15, 0.2) is 0 Å². The Labute approximate surface area is 80.7 Å². The summed E-state index contributed by atoms with van der Waals surface area (Å²) >= 11 is 0. The van der Waals surface area contributed by atoms with Gasteiger partial charge in [0.2, 0.25) is 0 Å². The molecule has 0 bridgehead atoms. The van der Waals surface area contributed by atoms with E-state index < -0.39 is 0 Å². The van der Waals surface area contributed by atoms with Crippen molar-refractivity contribution in [1.82, 2.24) is 0 Å². The lowest BCUT2D eigenvalue weighted by Crippen LogP contribution is -3.00. The Kier molecular flexibility index (Phi) is 3.26. The third kappa shape index (κ3) is 2.19. The molecule has 0 aliphatic carbocycles. The highest BCUT2D eigenvalue weighted by atomic mass is 15.1. The third-order valence-electron chi connectivity index (χ3n) is 2.32. The van der Waals surface area contributed by atoms with Gasteiger partial charge in [-0.3, -0.25) is 0 Å². The van der Waals surface area contributed by atoms with Crippen LogP contribution in [0.15, 0.2) is 30.3 Å². The summed E-state index contributed by atoms with van der Waals surface area (Å²) in [4.78, 5) is 1.37. The van der Waals surface area contributed by atoms with Crippen molar-refractivity contribution < 1.29 is 4.90 Å². The van der Waals surface area contributed by atoms with Gasteiger partial charge in [-0.1, -0.05) is 18.2 Å². The zero-order chi connectivity index (χ0) is 9.84. The molecular weight excluding hydrogens is 158 g/mol. The zero-order valence-electron chi connectivity index (χ0n) is 8.89. The number of allylic oxidation sites excluding steroid dienone is 2. The molecule has 1 aromatic rings. The SMILES string of the molecule is C/C=C(/C)c1ccccc1[NH+](C)C. The Bertz CT molecular complexity index is 311. The molecule has 1 aromatic carbocycles. The van der Waals surface area contributed by atoms with Crippen LogP contribution in [-0.2, 0) is 0 Å². The molecule has 0 radical (unpaired) electrons. The lowest BCUT2D eigenvalue weighted by molar-refractivity contribution is -0.786. The molecule has 0 spiro atoms. The summed E-state index contributed by atoms with van der Waals surface area (Å²) < 4.78 is 0. The van der Waals surface area contributed by atoms with E-state index in [0.717, 1.165) is 0 Å². The molecule has 0 fully saturated rings. The van der Waals surface area contributed by atoms with Gasteiger partial charge < -0.3 is 4.90 Å². The fraction of sp³-hybridized carbons (Fsp3) is 0.333. The summed E-state index contributed by atoms with van der Waals surface area (Å²) in [7, 11) is 4.31. The first-order chi connectivity index (χ1) is 6.16. The molecule has 0 heterocycles. The van der Waals surface area contributed by atoms with Crippen molar-refractivity contribution in [2.45, 2.75) is 13.8 Å². The number of nitrogens with one attached hydrogen (secondary N) is 1. The summed E-state index contributed by atoms with van der Waals surface area (Å²) in [5, 5.41) is 0. The first kappa shape index (κ1) is 10.0. The molecule has 13 heavy (non-hydrogen) atoms. The van der Waals surface area contributed by atoms with Crippen LogP contribution in [0.2, 0.25) is 0 Å². The lowest BCUT2D eigenvalue weighted by Gasteiger charge is -2.12. The van der Waals surface area contributed by atoms with E-state index in [1.54, 1.807) is 0 Å². The zero-order valence-corrected chi connectivity index (χ0v) is 8.89. The van der Waals surface area contributed by atoms with Crippen molar-refractivity contribution in [1.29, 1.82) is 0 Å². The van der Waals surface area contributed by atoms with Gasteiger partial charge in [0.25, 0.3) is 0 Å². The van der Waals surface area contributed by atoms with Gasteiger partial charge in [0.05, 0.1) is 14.1 Å². The first-order valence-electron chi connectivity index (χ1n) is 4.69. The molecule has 1 heteroatoms. The van der Waals surface area contributed by atoms with E-state index in [1.807, 2.05) is 0 Å². The largest absolute Gasteiger partial charge is 0.307 e. The van der Waals surface area contributed by atoms with E-state index >= 15 is 0 Å². The second-order valence-corrected chi connectivity index (χ2v) is 3.52. The van der Waals surface area contributed by atoms with E-state index in [2.05, 4.69) is 58.3 Å². The minimum absolute atomic E-state index is 1.34. The fourth-order valence-electron chi connectivity index (χ4n) is 1.42. The number of hydrogen-bond acceptors (Lipinski definition) is 0. The normalized spacial score (nSPS) is 12.2. The van der Waals surface area contributed by atoms with Crippen molar-refractivity contribution in [3.63, 3.8) is 0 Å². The van der Waals surface area contributed by atoms with Crippen molar-refractivity contribution in [2.24, 2.45) is 0 Å².